The maximum absolute atomic E-state index is 13.8. The minimum Gasteiger partial charge on any atom is -0.504 e. The first kappa shape index (κ1) is 23.6. The highest BCUT2D eigenvalue weighted by atomic mass is 79.9. The molecule has 4 unspecified atom stereocenters. The van der Waals surface area contributed by atoms with Crippen LogP contribution in [-0.4, -0.2) is 35.6 Å². The number of carbonyl (C=O) groups is 4. The largest absolute Gasteiger partial charge is 0.504 e. The molecule has 7 nitrogen and oxygen atoms in total. The molecule has 0 radical (unpaired) electrons. The lowest BCUT2D eigenvalue weighted by Gasteiger charge is -2.42. The molecule has 37 heavy (non-hydrogen) atoms. The Morgan fingerprint density at radius 3 is 2.46 bits per heavy atom. The summed E-state index contributed by atoms with van der Waals surface area (Å²) in [6, 6.07) is 13.8. The zero-order valence-corrected chi connectivity index (χ0v) is 21.4. The highest BCUT2D eigenvalue weighted by Crippen LogP contribution is 2.56. The van der Waals surface area contributed by atoms with Gasteiger partial charge >= 0.3 is 0 Å². The van der Waals surface area contributed by atoms with Gasteiger partial charge in [0.1, 0.15) is 0 Å². The fraction of sp³-hybridized carbons (Fsp3) is 0.241. The van der Waals surface area contributed by atoms with Crippen LogP contribution in [0.2, 0.25) is 0 Å². The molecule has 2 amide bonds. The summed E-state index contributed by atoms with van der Waals surface area (Å²) in [4.78, 5) is 55.0. The van der Waals surface area contributed by atoms with E-state index in [0.717, 1.165) is 5.57 Å². The zero-order chi connectivity index (χ0) is 26.0. The molecule has 6 rings (SSSR count). The van der Waals surface area contributed by atoms with Gasteiger partial charge in [0.15, 0.2) is 23.1 Å². The first-order valence-corrected chi connectivity index (χ1v) is 12.8. The summed E-state index contributed by atoms with van der Waals surface area (Å²) in [5, 5.41) is 10.5. The number of anilines is 1. The number of nitrogens with zero attached hydrogens (tertiary/aromatic N) is 1. The number of imide groups is 1. The Kier molecular flexibility index (Phi) is 5.53. The molecule has 0 spiro atoms. The lowest BCUT2D eigenvalue weighted by atomic mass is 9.59. The Balaban J connectivity index is 1.50. The number of allylic oxidation sites excluding steroid dienone is 6. The van der Waals surface area contributed by atoms with Crippen LogP contribution in [0.25, 0.3) is 0 Å². The average molecular weight is 560 g/mol. The number of amides is 2. The zero-order valence-electron chi connectivity index (χ0n) is 19.8. The topological polar surface area (TPSA) is 101 Å². The summed E-state index contributed by atoms with van der Waals surface area (Å²) in [7, 11) is 1.45. The van der Waals surface area contributed by atoms with Crippen LogP contribution in [-0.2, 0) is 19.2 Å². The highest BCUT2D eigenvalue weighted by molar-refractivity contribution is 9.12. The maximum Gasteiger partial charge on any atom is 0.238 e. The molecule has 0 bridgehead atoms. The molecule has 186 valence electrons. The lowest BCUT2D eigenvalue weighted by Crippen LogP contribution is -2.39. The van der Waals surface area contributed by atoms with E-state index < -0.39 is 23.7 Å². The highest BCUT2D eigenvalue weighted by Gasteiger charge is 2.56. The summed E-state index contributed by atoms with van der Waals surface area (Å²) in [5.41, 5.74) is 2.67. The van der Waals surface area contributed by atoms with E-state index in [1.165, 1.54) is 24.2 Å². The van der Waals surface area contributed by atoms with E-state index in [4.69, 9.17) is 4.74 Å². The Morgan fingerprint density at radius 1 is 1.00 bits per heavy atom. The van der Waals surface area contributed by atoms with Gasteiger partial charge in [0.25, 0.3) is 0 Å². The molecule has 3 aliphatic carbocycles. The van der Waals surface area contributed by atoms with E-state index in [2.05, 4.69) is 15.9 Å². The second-order valence-electron chi connectivity index (χ2n) is 9.67. The smallest absolute Gasteiger partial charge is 0.238 e. The SMILES string of the molecule is COc1ccc(C2C3=CCC4C(=O)N(c5ccccc5)C(=O)C4C3CC3=C2C(=O)C=C(Br)C3=O)cc1O. The number of rotatable bonds is 3. The molecule has 1 heterocycles. The molecule has 2 aromatic rings. The summed E-state index contributed by atoms with van der Waals surface area (Å²) in [6.07, 6.45) is 3.78. The van der Waals surface area contributed by atoms with Gasteiger partial charge in [-0.15, -0.1) is 0 Å². The fourth-order valence-electron chi connectivity index (χ4n) is 6.30. The number of carbonyl (C=O) groups excluding carboxylic acids is 4. The number of ketones is 2. The number of hydrogen-bond acceptors (Lipinski definition) is 6. The third-order valence-corrected chi connectivity index (χ3v) is 8.47. The van der Waals surface area contributed by atoms with E-state index in [1.54, 1.807) is 36.4 Å². The van der Waals surface area contributed by atoms with Gasteiger partial charge in [-0.05, 0) is 64.5 Å². The second kappa shape index (κ2) is 8.66. The van der Waals surface area contributed by atoms with Crippen LogP contribution in [0, 0.1) is 17.8 Å². The number of ether oxygens (including phenoxy) is 1. The maximum atomic E-state index is 13.8. The minimum atomic E-state index is -0.649. The van der Waals surface area contributed by atoms with Gasteiger partial charge in [0, 0.05) is 23.1 Å². The fourth-order valence-corrected chi connectivity index (χ4v) is 6.75. The number of hydrogen-bond donors (Lipinski definition) is 1. The van der Waals surface area contributed by atoms with Crippen LogP contribution in [0.5, 0.6) is 11.5 Å². The summed E-state index contributed by atoms with van der Waals surface area (Å²) in [6.45, 7) is 0. The Bertz CT molecular complexity index is 1490. The molecule has 0 aromatic heterocycles. The number of para-hydroxylation sites is 1. The molecule has 4 atom stereocenters. The van der Waals surface area contributed by atoms with E-state index in [1.807, 2.05) is 12.1 Å². The van der Waals surface area contributed by atoms with Crippen LogP contribution >= 0.6 is 15.9 Å². The normalized spacial score (nSPS) is 26.9. The second-order valence-corrected chi connectivity index (χ2v) is 10.5. The molecular formula is C29H22BrNO6. The monoisotopic (exact) mass is 559 g/mol. The van der Waals surface area contributed by atoms with Crippen molar-refractivity contribution in [1.29, 1.82) is 0 Å². The number of Topliss-reactive ketones (excluding diaryl/α,β-unsaturated/α-hetero) is 1. The number of fused-ring (bicyclic) bond motifs is 3. The molecule has 4 aliphatic rings. The summed E-state index contributed by atoms with van der Waals surface area (Å²) < 4.78 is 5.36. The van der Waals surface area contributed by atoms with Crippen LogP contribution in [0.15, 0.2) is 81.9 Å². The van der Waals surface area contributed by atoms with Crippen molar-refractivity contribution >= 4 is 45.0 Å². The Labute approximate surface area is 221 Å². The summed E-state index contributed by atoms with van der Waals surface area (Å²) in [5.74, 6) is -3.19. The van der Waals surface area contributed by atoms with Gasteiger partial charge in [-0.2, -0.15) is 0 Å². The average Bonchev–Trinajstić information content (AvgIpc) is 3.16. The molecular weight excluding hydrogens is 538 g/mol. The molecule has 1 N–H and O–H groups in total. The van der Waals surface area contributed by atoms with Crippen molar-refractivity contribution in [2.75, 3.05) is 12.0 Å². The van der Waals surface area contributed by atoms with Gasteiger partial charge in [-0.1, -0.05) is 35.9 Å². The number of phenolic OH excluding ortho intramolecular Hbond substituents is 1. The summed E-state index contributed by atoms with van der Waals surface area (Å²) >= 11 is 3.22. The van der Waals surface area contributed by atoms with Crippen molar-refractivity contribution in [1.82, 2.24) is 0 Å². The number of benzene rings is 2. The van der Waals surface area contributed by atoms with Crippen molar-refractivity contribution in [2.45, 2.75) is 18.8 Å². The number of methoxy groups -OCH3 is 1. The van der Waals surface area contributed by atoms with Gasteiger partial charge in [0.05, 0.1) is 29.1 Å². The van der Waals surface area contributed by atoms with E-state index >= 15 is 0 Å². The molecule has 8 heteroatoms. The van der Waals surface area contributed by atoms with Crippen molar-refractivity contribution in [3.8, 4) is 11.5 Å². The predicted molar refractivity (Wildman–Crippen MR) is 138 cm³/mol. The van der Waals surface area contributed by atoms with E-state index in [9.17, 15) is 24.3 Å². The van der Waals surface area contributed by atoms with Gasteiger partial charge in [-0.3, -0.25) is 24.1 Å². The Morgan fingerprint density at radius 2 is 1.76 bits per heavy atom. The van der Waals surface area contributed by atoms with Crippen molar-refractivity contribution in [3.05, 3.63) is 87.4 Å². The first-order chi connectivity index (χ1) is 17.8. The van der Waals surface area contributed by atoms with Crippen LogP contribution in [0.3, 0.4) is 0 Å². The number of aromatic hydroxyl groups is 1. The predicted octanol–water partition coefficient (Wildman–Crippen LogP) is 4.37. The lowest BCUT2D eigenvalue weighted by molar-refractivity contribution is -0.123. The first-order valence-electron chi connectivity index (χ1n) is 12.0. The molecule has 1 aliphatic heterocycles. The van der Waals surface area contributed by atoms with Crippen molar-refractivity contribution in [3.63, 3.8) is 0 Å². The molecule has 1 saturated heterocycles. The van der Waals surface area contributed by atoms with Gasteiger partial charge < -0.3 is 9.84 Å². The van der Waals surface area contributed by atoms with Crippen LogP contribution in [0.4, 0.5) is 5.69 Å². The van der Waals surface area contributed by atoms with E-state index in [-0.39, 0.29) is 45.8 Å². The van der Waals surface area contributed by atoms with Gasteiger partial charge in [-0.25, -0.2) is 0 Å². The standard InChI is InChI=1S/C29H22BrNO6/c1-37-23-10-7-14(11-21(23)32)24-16-8-9-17-25(29(36)31(28(17)35)15-5-3-2-4-6-15)18(16)12-19-26(24)22(33)13-20(30)27(19)34/h2-8,10-11,13,17-18,24-25,32H,9,12H2,1H3. The van der Waals surface area contributed by atoms with Crippen molar-refractivity contribution < 1.29 is 29.0 Å². The number of phenols is 1. The van der Waals surface area contributed by atoms with Crippen LogP contribution < -0.4 is 9.64 Å². The quantitative estimate of drug-likeness (QED) is 0.340. The van der Waals surface area contributed by atoms with Gasteiger partial charge in [0.2, 0.25) is 11.8 Å². The minimum absolute atomic E-state index is 0.0905. The Hall–Kier alpha value is -3.78. The third-order valence-electron chi connectivity index (χ3n) is 7.88. The third kappa shape index (κ3) is 3.46. The van der Waals surface area contributed by atoms with Crippen LogP contribution in [0.1, 0.15) is 24.3 Å². The van der Waals surface area contributed by atoms with E-state index in [0.29, 0.717) is 28.8 Å². The molecule has 1 fully saturated rings. The number of halogens is 1. The van der Waals surface area contributed by atoms with Crippen molar-refractivity contribution in [2.24, 2.45) is 17.8 Å². The molecule has 2 aromatic carbocycles. The molecule has 0 saturated carbocycles.